The normalized spacial score (nSPS) is 14.6. The molecule has 2 amide bonds. The van der Waals surface area contributed by atoms with Crippen LogP contribution in [-0.4, -0.2) is 11.8 Å². The van der Waals surface area contributed by atoms with E-state index in [1.807, 2.05) is 19.9 Å². The molecule has 6 heteroatoms. The second-order valence-corrected chi connectivity index (χ2v) is 6.30. The van der Waals surface area contributed by atoms with Gasteiger partial charge in [0, 0.05) is 10.7 Å². The molecule has 3 rings (SSSR count). The summed E-state index contributed by atoms with van der Waals surface area (Å²) in [5.74, 6) is -1.04. The third-order valence-electron chi connectivity index (χ3n) is 3.81. The van der Waals surface area contributed by atoms with Gasteiger partial charge < -0.3 is 5.32 Å². The van der Waals surface area contributed by atoms with Gasteiger partial charge in [0.2, 0.25) is 0 Å². The topological polar surface area (TPSA) is 49.4 Å². The largest absolute Gasteiger partial charge is 0.349 e. The maximum Gasteiger partial charge on any atom is 0.283 e. The fraction of sp³-hybridized carbons (Fsp3) is 0.111. The van der Waals surface area contributed by atoms with Crippen LogP contribution in [0.3, 0.4) is 0 Å². The van der Waals surface area contributed by atoms with Crippen molar-refractivity contribution in [2.24, 2.45) is 0 Å². The molecule has 122 valence electrons. The van der Waals surface area contributed by atoms with Gasteiger partial charge in [0.1, 0.15) is 10.7 Å². The highest BCUT2D eigenvalue weighted by Crippen LogP contribution is 2.32. The summed E-state index contributed by atoms with van der Waals surface area (Å²) in [6.45, 7) is 3.71. The quantitative estimate of drug-likeness (QED) is 0.825. The van der Waals surface area contributed by atoms with Crippen molar-refractivity contribution in [2.75, 3.05) is 10.2 Å². The fourth-order valence-electron chi connectivity index (χ4n) is 2.49. The van der Waals surface area contributed by atoms with Crippen molar-refractivity contribution in [3.8, 4) is 0 Å². The average molecular weight is 361 g/mol. The molecule has 24 heavy (non-hydrogen) atoms. The second kappa shape index (κ2) is 6.30. The van der Waals surface area contributed by atoms with Gasteiger partial charge in [0.25, 0.3) is 11.8 Å². The van der Waals surface area contributed by atoms with Crippen LogP contribution in [0.5, 0.6) is 0 Å². The van der Waals surface area contributed by atoms with Gasteiger partial charge in [-0.3, -0.25) is 9.59 Å². The van der Waals surface area contributed by atoms with Crippen molar-refractivity contribution in [1.82, 2.24) is 0 Å². The fourth-order valence-corrected chi connectivity index (χ4v) is 2.88. The Morgan fingerprint density at radius 1 is 0.958 bits per heavy atom. The number of carbonyl (C=O) groups excluding carboxylic acids is 2. The summed E-state index contributed by atoms with van der Waals surface area (Å²) in [6, 6.07) is 12.4. The van der Waals surface area contributed by atoms with Gasteiger partial charge in [-0.15, -0.1) is 0 Å². The first-order valence-corrected chi connectivity index (χ1v) is 8.03. The van der Waals surface area contributed by atoms with E-state index in [9.17, 15) is 9.59 Å². The maximum absolute atomic E-state index is 12.7. The number of nitrogens with zero attached hydrogens (tertiary/aromatic N) is 1. The lowest BCUT2D eigenvalue weighted by Gasteiger charge is -2.16. The molecule has 0 bridgehead atoms. The lowest BCUT2D eigenvalue weighted by atomic mass is 10.2. The van der Waals surface area contributed by atoms with Gasteiger partial charge in [-0.1, -0.05) is 41.4 Å². The Hall–Kier alpha value is -2.30. The van der Waals surface area contributed by atoms with Crippen LogP contribution in [0.2, 0.25) is 5.02 Å². The number of hydrogen-bond donors (Lipinski definition) is 1. The van der Waals surface area contributed by atoms with E-state index in [0.29, 0.717) is 16.4 Å². The molecule has 0 unspecified atom stereocenters. The zero-order valence-corrected chi connectivity index (χ0v) is 14.6. The summed E-state index contributed by atoms with van der Waals surface area (Å²) >= 11 is 12.2. The Morgan fingerprint density at radius 3 is 2.38 bits per heavy atom. The molecule has 1 aliphatic heterocycles. The maximum atomic E-state index is 12.7. The van der Waals surface area contributed by atoms with Crippen molar-refractivity contribution in [3.63, 3.8) is 0 Å². The zero-order chi connectivity index (χ0) is 17.4. The van der Waals surface area contributed by atoms with Gasteiger partial charge in [0.15, 0.2) is 0 Å². The number of benzene rings is 2. The first kappa shape index (κ1) is 16.6. The van der Waals surface area contributed by atoms with Crippen molar-refractivity contribution < 1.29 is 9.59 Å². The van der Waals surface area contributed by atoms with Crippen LogP contribution in [0.15, 0.2) is 53.2 Å². The van der Waals surface area contributed by atoms with E-state index in [1.165, 1.54) is 0 Å². The van der Waals surface area contributed by atoms with E-state index < -0.39 is 11.8 Å². The van der Waals surface area contributed by atoms with Crippen molar-refractivity contribution in [1.29, 1.82) is 0 Å². The highest BCUT2D eigenvalue weighted by Gasteiger charge is 2.39. The van der Waals surface area contributed by atoms with Gasteiger partial charge in [-0.25, -0.2) is 4.90 Å². The monoisotopic (exact) mass is 360 g/mol. The minimum Gasteiger partial charge on any atom is -0.349 e. The Kier molecular flexibility index (Phi) is 4.35. The standard InChI is InChI=1S/C18H14Cl2N2O2/c1-10-5-3-6-12(9-10)22-17(23)15(20)16(18(22)24)21-14-8-4-7-13(19)11(14)2/h3-9,21H,1-2H3. The molecule has 0 atom stereocenters. The lowest BCUT2D eigenvalue weighted by Crippen LogP contribution is -2.32. The molecule has 1 heterocycles. The number of carbonyl (C=O) groups is 2. The van der Waals surface area contributed by atoms with E-state index in [2.05, 4.69) is 5.32 Å². The van der Waals surface area contributed by atoms with Crippen LogP contribution in [0.4, 0.5) is 11.4 Å². The minimum absolute atomic E-state index is 0.0496. The third kappa shape index (κ3) is 2.79. The predicted octanol–water partition coefficient (Wildman–Crippen LogP) is 4.39. The Bertz CT molecular complexity index is 890. The molecule has 2 aromatic rings. The van der Waals surface area contributed by atoms with E-state index in [1.54, 1.807) is 36.4 Å². The SMILES string of the molecule is Cc1cccc(N2C(=O)C(Cl)=C(Nc3cccc(Cl)c3C)C2=O)c1. The summed E-state index contributed by atoms with van der Waals surface area (Å²) in [5.41, 5.74) is 2.88. The molecule has 0 fully saturated rings. The Morgan fingerprint density at radius 2 is 1.67 bits per heavy atom. The Labute approximate surface area is 149 Å². The van der Waals surface area contributed by atoms with Crippen LogP contribution >= 0.6 is 23.2 Å². The number of halogens is 2. The number of nitrogens with one attached hydrogen (secondary N) is 1. The second-order valence-electron chi connectivity index (χ2n) is 5.51. The number of anilines is 2. The van der Waals surface area contributed by atoms with Gasteiger partial charge in [-0.05, 0) is 49.2 Å². The average Bonchev–Trinajstić information content (AvgIpc) is 2.75. The van der Waals surface area contributed by atoms with E-state index >= 15 is 0 Å². The van der Waals surface area contributed by atoms with Crippen molar-refractivity contribution in [2.45, 2.75) is 13.8 Å². The molecular formula is C18H14Cl2N2O2. The van der Waals surface area contributed by atoms with Crippen LogP contribution in [0.1, 0.15) is 11.1 Å². The van der Waals surface area contributed by atoms with Crippen molar-refractivity contribution >= 4 is 46.4 Å². The van der Waals surface area contributed by atoms with Gasteiger partial charge in [-0.2, -0.15) is 0 Å². The zero-order valence-electron chi connectivity index (χ0n) is 13.1. The smallest absolute Gasteiger partial charge is 0.283 e. The summed E-state index contributed by atoms with van der Waals surface area (Å²) in [4.78, 5) is 26.2. The Balaban J connectivity index is 1.96. The van der Waals surface area contributed by atoms with E-state index in [4.69, 9.17) is 23.2 Å². The highest BCUT2D eigenvalue weighted by atomic mass is 35.5. The number of rotatable bonds is 3. The highest BCUT2D eigenvalue weighted by molar-refractivity contribution is 6.53. The lowest BCUT2D eigenvalue weighted by molar-refractivity contribution is -0.120. The summed E-state index contributed by atoms with van der Waals surface area (Å²) in [6.07, 6.45) is 0. The summed E-state index contributed by atoms with van der Waals surface area (Å²) in [7, 11) is 0. The van der Waals surface area contributed by atoms with Gasteiger partial charge in [0.05, 0.1) is 5.69 Å². The van der Waals surface area contributed by atoms with Crippen LogP contribution in [-0.2, 0) is 9.59 Å². The van der Waals surface area contributed by atoms with E-state index in [-0.39, 0.29) is 10.7 Å². The molecule has 0 aliphatic carbocycles. The molecule has 2 aromatic carbocycles. The molecule has 0 saturated carbocycles. The molecule has 0 radical (unpaired) electrons. The van der Waals surface area contributed by atoms with Crippen LogP contribution in [0, 0.1) is 13.8 Å². The molecule has 4 nitrogen and oxygen atoms in total. The van der Waals surface area contributed by atoms with Crippen LogP contribution in [0.25, 0.3) is 0 Å². The molecule has 1 aliphatic rings. The molecule has 0 aromatic heterocycles. The molecular weight excluding hydrogens is 347 g/mol. The number of amides is 2. The summed E-state index contributed by atoms with van der Waals surface area (Å²) < 4.78 is 0. The number of imide groups is 1. The first-order chi connectivity index (χ1) is 11.4. The molecule has 0 spiro atoms. The molecule has 0 saturated heterocycles. The van der Waals surface area contributed by atoms with Gasteiger partial charge >= 0.3 is 0 Å². The minimum atomic E-state index is -0.547. The molecule has 1 N–H and O–H groups in total. The van der Waals surface area contributed by atoms with Crippen molar-refractivity contribution in [3.05, 3.63) is 69.3 Å². The first-order valence-electron chi connectivity index (χ1n) is 7.27. The number of hydrogen-bond acceptors (Lipinski definition) is 3. The van der Waals surface area contributed by atoms with E-state index in [0.717, 1.165) is 16.0 Å². The third-order valence-corrected chi connectivity index (χ3v) is 4.57. The van der Waals surface area contributed by atoms with Crippen LogP contribution < -0.4 is 10.2 Å². The summed E-state index contributed by atoms with van der Waals surface area (Å²) in [5, 5.41) is 3.37. The number of aryl methyl sites for hydroxylation is 1. The predicted molar refractivity (Wildman–Crippen MR) is 96.4 cm³/mol.